The van der Waals surface area contributed by atoms with Gasteiger partial charge in [-0.25, -0.2) is 0 Å². The molecule has 0 aromatic heterocycles. The van der Waals surface area contributed by atoms with Crippen LogP contribution in [0.25, 0.3) is 0 Å². The van der Waals surface area contributed by atoms with E-state index in [1.54, 1.807) is 0 Å². The molecular weight excluding hydrogens is 284 g/mol. The lowest BCUT2D eigenvalue weighted by atomic mass is 9.79. The Bertz CT molecular complexity index is 622. The van der Waals surface area contributed by atoms with Crippen LogP contribution in [0.3, 0.4) is 0 Å². The first-order valence-electron chi connectivity index (χ1n) is 8.32. The van der Waals surface area contributed by atoms with Gasteiger partial charge in [-0.3, -0.25) is 0 Å². The second-order valence-electron chi connectivity index (χ2n) is 7.07. The molecule has 1 heterocycles. The molecule has 1 fully saturated rings. The number of rotatable bonds is 4. The van der Waals surface area contributed by atoms with Crippen molar-refractivity contribution in [2.45, 2.75) is 32.9 Å². The van der Waals surface area contributed by atoms with E-state index in [0.717, 1.165) is 25.3 Å². The molecule has 2 aromatic rings. The summed E-state index contributed by atoms with van der Waals surface area (Å²) in [7, 11) is 0. The summed E-state index contributed by atoms with van der Waals surface area (Å²) in [6.07, 6.45) is 1.04. The number of nitrogens with zero attached hydrogens (tertiary/aromatic N) is 1. The van der Waals surface area contributed by atoms with Crippen LogP contribution in [0.4, 0.5) is 5.69 Å². The molecule has 3 nitrogen and oxygen atoms in total. The van der Waals surface area contributed by atoms with Crippen molar-refractivity contribution in [2.75, 3.05) is 18.0 Å². The molecule has 1 aliphatic heterocycles. The van der Waals surface area contributed by atoms with Crippen molar-refractivity contribution in [3.05, 3.63) is 60.2 Å². The van der Waals surface area contributed by atoms with E-state index in [-0.39, 0.29) is 11.5 Å². The van der Waals surface area contributed by atoms with Gasteiger partial charge in [0.2, 0.25) is 0 Å². The maximum atomic E-state index is 6.23. The first-order valence-corrected chi connectivity index (χ1v) is 8.32. The Morgan fingerprint density at radius 2 is 1.78 bits per heavy atom. The summed E-state index contributed by atoms with van der Waals surface area (Å²) in [4.78, 5) is 2.42. The highest BCUT2D eigenvalue weighted by Crippen LogP contribution is 2.31. The first-order chi connectivity index (χ1) is 11.0. The fourth-order valence-electron chi connectivity index (χ4n) is 3.09. The summed E-state index contributed by atoms with van der Waals surface area (Å²) in [6, 6.07) is 18.9. The molecule has 0 spiro atoms. The Hall–Kier alpha value is -2.00. The largest absolute Gasteiger partial charge is 0.489 e. The lowest BCUT2D eigenvalue weighted by molar-refractivity contribution is 0.245. The zero-order chi connectivity index (χ0) is 16.3. The van der Waals surface area contributed by atoms with Crippen molar-refractivity contribution in [3.63, 3.8) is 0 Å². The smallest absolute Gasteiger partial charge is 0.119 e. The number of anilines is 1. The zero-order valence-electron chi connectivity index (χ0n) is 14.0. The molecule has 0 radical (unpaired) electrons. The van der Waals surface area contributed by atoms with Crippen LogP contribution in [0, 0.1) is 5.41 Å². The third-order valence-electron chi connectivity index (χ3n) is 4.76. The topological polar surface area (TPSA) is 38.5 Å². The maximum absolute atomic E-state index is 6.23. The van der Waals surface area contributed by atoms with Crippen LogP contribution in [0.5, 0.6) is 5.75 Å². The number of benzene rings is 2. The van der Waals surface area contributed by atoms with Crippen molar-refractivity contribution in [1.29, 1.82) is 0 Å². The van der Waals surface area contributed by atoms with E-state index in [1.165, 1.54) is 11.3 Å². The molecule has 0 amide bonds. The Balaban J connectivity index is 1.61. The van der Waals surface area contributed by atoms with Gasteiger partial charge in [0.05, 0.1) is 0 Å². The van der Waals surface area contributed by atoms with Crippen LogP contribution in [0.15, 0.2) is 54.6 Å². The second kappa shape index (κ2) is 6.63. The predicted molar refractivity (Wildman–Crippen MR) is 95.8 cm³/mol. The highest BCUT2D eigenvalue weighted by molar-refractivity contribution is 5.50. The monoisotopic (exact) mass is 310 g/mol. The average molecular weight is 310 g/mol. The third-order valence-corrected chi connectivity index (χ3v) is 4.76. The standard InChI is InChI=1S/C20H26N2O/c1-20(2)15-22(13-12-19(20)21)17-8-10-18(11-9-17)23-14-16-6-4-3-5-7-16/h3-11,19H,12-15,21H2,1-2H3/t19-/m1/s1. The van der Waals surface area contributed by atoms with E-state index in [1.807, 2.05) is 18.2 Å². The van der Waals surface area contributed by atoms with Gasteiger partial charge in [0, 0.05) is 24.8 Å². The third kappa shape index (κ3) is 3.85. The summed E-state index contributed by atoms with van der Waals surface area (Å²) in [5.74, 6) is 0.908. The highest BCUT2D eigenvalue weighted by Gasteiger charge is 2.33. The number of hydrogen-bond acceptors (Lipinski definition) is 3. The Kier molecular flexibility index (Phi) is 4.58. The Morgan fingerprint density at radius 3 is 2.43 bits per heavy atom. The van der Waals surface area contributed by atoms with Gasteiger partial charge < -0.3 is 15.4 Å². The lowest BCUT2D eigenvalue weighted by Gasteiger charge is -2.43. The molecule has 1 saturated heterocycles. The van der Waals surface area contributed by atoms with Gasteiger partial charge in [0.25, 0.3) is 0 Å². The van der Waals surface area contributed by atoms with Crippen LogP contribution >= 0.6 is 0 Å². The number of nitrogens with two attached hydrogens (primary N) is 1. The van der Waals surface area contributed by atoms with Gasteiger partial charge in [-0.15, -0.1) is 0 Å². The molecule has 0 bridgehead atoms. The van der Waals surface area contributed by atoms with E-state index < -0.39 is 0 Å². The van der Waals surface area contributed by atoms with Gasteiger partial charge in [-0.05, 0) is 41.7 Å². The Labute approximate surface area is 139 Å². The van der Waals surface area contributed by atoms with Crippen molar-refractivity contribution in [3.8, 4) is 5.75 Å². The molecule has 1 atom stereocenters. The highest BCUT2D eigenvalue weighted by atomic mass is 16.5. The summed E-state index contributed by atoms with van der Waals surface area (Å²) in [6.45, 7) is 7.13. The molecule has 3 rings (SSSR count). The molecule has 0 unspecified atom stereocenters. The second-order valence-corrected chi connectivity index (χ2v) is 7.07. The zero-order valence-corrected chi connectivity index (χ0v) is 14.0. The molecule has 2 N–H and O–H groups in total. The SMILES string of the molecule is CC1(C)CN(c2ccc(OCc3ccccc3)cc2)CC[C@H]1N. The van der Waals surface area contributed by atoms with Gasteiger partial charge in [0.1, 0.15) is 12.4 Å². The van der Waals surface area contributed by atoms with E-state index in [4.69, 9.17) is 10.5 Å². The van der Waals surface area contributed by atoms with Crippen LogP contribution in [-0.2, 0) is 6.61 Å². The summed E-state index contributed by atoms with van der Waals surface area (Å²) in [5.41, 5.74) is 8.81. The maximum Gasteiger partial charge on any atom is 0.119 e. The average Bonchev–Trinajstić information content (AvgIpc) is 2.57. The quantitative estimate of drug-likeness (QED) is 0.933. The minimum Gasteiger partial charge on any atom is -0.489 e. The lowest BCUT2D eigenvalue weighted by Crippen LogP contribution is -2.52. The fraction of sp³-hybridized carbons (Fsp3) is 0.400. The summed E-state index contributed by atoms with van der Waals surface area (Å²) >= 11 is 0. The van der Waals surface area contributed by atoms with Crippen molar-refractivity contribution >= 4 is 5.69 Å². The molecule has 122 valence electrons. The summed E-state index contributed by atoms with van der Waals surface area (Å²) < 4.78 is 5.85. The predicted octanol–water partition coefficient (Wildman–Crippen LogP) is 3.83. The van der Waals surface area contributed by atoms with Crippen molar-refractivity contribution in [2.24, 2.45) is 11.1 Å². The molecule has 0 saturated carbocycles. The number of hydrogen-bond donors (Lipinski definition) is 1. The Morgan fingerprint density at radius 1 is 1.09 bits per heavy atom. The number of ether oxygens (including phenoxy) is 1. The normalized spacial score (nSPS) is 20.3. The van der Waals surface area contributed by atoms with Crippen LogP contribution in [0.1, 0.15) is 25.8 Å². The van der Waals surface area contributed by atoms with Gasteiger partial charge in [-0.1, -0.05) is 44.2 Å². The van der Waals surface area contributed by atoms with Gasteiger partial charge >= 0.3 is 0 Å². The van der Waals surface area contributed by atoms with Crippen molar-refractivity contribution < 1.29 is 4.74 Å². The van der Waals surface area contributed by atoms with Gasteiger partial charge in [-0.2, -0.15) is 0 Å². The minimum atomic E-state index is 0.154. The van der Waals surface area contributed by atoms with E-state index in [0.29, 0.717) is 6.61 Å². The van der Waals surface area contributed by atoms with E-state index >= 15 is 0 Å². The first kappa shape index (κ1) is 15.9. The molecule has 23 heavy (non-hydrogen) atoms. The fourth-order valence-corrected chi connectivity index (χ4v) is 3.09. The van der Waals surface area contributed by atoms with E-state index in [9.17, 15) is 0 Å². The van der Waals surface area contributed by atoms with Gasteiger partial charge in [0.15, 0.2) is 0 Å². The summed E-state index contributed by atoms with van der Waals surface area (Å²) in [5, 5.41) is 0. The molecular formula is C20H26N2O. The number of piperidine rings is 1. The molecule has 3 heteroatoms. The minimum absolute atomic E-state index is 0.154. The van der Waals surface area contributed by atoms with Crippen molar-refractivity contribution in [1.82, 2.24) is 0 Å². The van der Waals surface area contributed by atoms with E-state index in [2.05, 4.69) is 55.1 Å². The molecule has 0 aliphatic carbocycles. The molecule has 2 aromatic carbocycles. The van der Waals surface area contributed by atoms with Crippen LogP contribution in [0.2, 0.25) is 0 Å². The van der Waals surface area contributed by atoms with Crippen LogP contribution in [-0.4, -0.2) is 19.1 Å². The molecule has 1 aliphatic rings. The van der Waals surface area contributed by atoms with Crippen LogP contribution < -0.4 is 15.4 Å².